The summed E-state index contributed by atoms with van der Waals surface area (Å²) in [5.41, 5.74) is 0. The third-order valence-electron chi connectivity index (χ3n) is 1.20. The van der Waals surface area contributed by atoms with Crippen molar-refractivity contribution < 1.29 is 9.63 Å². The molecule has 1 aliphatic rings. The van der Waals surface area contributed by atoms with Crippen LogP contribution in [0.25, 0.3) is 0 Å². The van der Waals surface area contributed by atoms with Crippen molar-refractivity contribution in [1.29, 1.82) is 0 Å². The molecule has 0 saturated carbocycles. The minimum Gasteiger partial charge on any atom is -0.270 e. The summed E-state index contributed by atoms with van der Waals surface area (Å²) < 4.78 is 0. The Bertz CT molecular complexity index is 112. The van der Waals surface area contributed by atoms with Gasteiger partial charge in [0.25, 0.3) is 0 Å². The van der Waals surface area contributed by atoms with E-state index < -0.39 is 5.37 Å². The standard InChI is InChI=1S/C5H8ClNO2/c6-5(8)7-3-1-2-4-9-7/h1-4H2. The molecule has 4 heteroatoms. The summed E-state index contributed by atoms with van der Waals surface area (Å²) in [6.07, 6.45) is 2.00. The minimum atomic E-state index is -0.519. The van der Waals surface area contributed by atoms with Crippen molar-refractivity contribution in [2.45, 2.75) is 12.8 Å². The number of hydrogen-bond donors (Lipinski definition) is 0. The molecule has 0 N–H and O–H groups in total. The zero-order valence-electron chi connectivity index (χ0n) is 4.97. The first kappa shape index (κ1) is 6.83. The van der Waals surface area contributed by atoms with Crippen LogP contribution in [0.1, 0.15) is 12.8 Å². The maximum atomic E-state index is 10.4. The van der Waals surface area contributed by atoms with Gasteiger partial charge in [-0.05, 0) is 24.4 Å². The highest BCUT2D eigenvalue weighted by Crippen LogP contribution is 2.07. The molecule has 0 aromatic carbocycles. The number of halogens is 1. The Hall–Kier alpha value is -0.280. The van der Waals surface area contributed by atoms with Crippen molar-refractivity contribution in [3.8, 4) is 0 Å². The number of carbonyl (C=O) groups excluding carboxylic acids is 1. The Morgan fingerprint density at radius 1 is 1.56 bits per heavy atom. The maximum absolute atomic E-state index is 10.4. The first-order chi connectivity index (χ1) is 4.30. The summed E-state index contributed by atoms with van der Waals surface area (Å²) in [4.78, 5) is 15.3. The molecule has 0 bridgehead atoms. The summed E-state index contributed by atoms with van der Waals surface area (Å²) >= 11 is 5.12. The molecule has 0 aromatic heterocycles. The van der Waals surface area contributed by atoms with Gasteiger partial charge in [0.2, 0.25) is 0 Å². The third-order valence-corrected chi connectivity index (χ3v) is 1.39. The number of nitrogens with zero attached hydrogens (tertiary/aromatic N) is 1. The molecule has 0 aliphatic carbocycles. The highest BCUT2D eigenvalue weighted by molar-refractivity contribution is 6.62. The van der Waals surface area contributed by atoms with Crippen LogP contribution in [0.4, 0.5) is 4.79 Å². The van der Waals surface area contributed by atoms with E-state index in [0.717, 1.165) is 12.8 Å². The lowest BCUT2D eigenvalue weighted by atomic mass is 10.3. The molecule has 52 valence electrons. The van der Waals surface area contributed by atoms with Crippen molar-refractivity contribution in [2.75, 3.05) is 13.2 Å². The van der Waals surface area contributed by atoms with Gasteiger partial charge in [-0.2, -0.15) is 0 Å². The van der Waals surface area contributed by atoms with Crippen LogP contribution in [-0.4, -0.2) is 23.6 Å². The predicted molar refractivity (Wildman–Crippen MR) is 33.1 cm³/mol. The van der Waals surface area contributed by atoms with Crippen LogP contribution in [0.15, 0.2) is 0 Å². The molecular formula is C5H8ClNO2. The van der Waals surface area contributed by atoms with E-state index in [1.165, 1.54) is 5.06 Å². The number of rotatable bonds is 0. The normalized spacial score (nSPS) is 19.9. The molecule has 0 radical (unpaired) electrons. The Morgan fingerprint density at radius 2 is 2.33 bits per heavy atom. The van der Waals surface area contributed by atoms with E-state index in [2.05, 4.69) is 0 Å². The van der Waals surface area contributed by atoms with E-state index in [1.807, 2.05) is 0 Å². The van der Waals surface area contributed by atoms with Gasteiger partial charge < -0.3 is 0 Å². The summed E-state index contributed by atoms with van der Waals surface area (Å²) in [6, 6.07) is 0. The molecule has 9 heavy (non-hydrogen) atoms. The molecule has 1 aliphatic heterocycles. The van der Waals surface area contributed by atoms with Crippen LogP contribution < -0.4 is 0 Å². The Kier molecular flexibility index (Phi) is 2.30. The van der Waals surface area contributed by atoms with Crippen LogP contribution in [-0.2, 0) is 4.84 Å². The molecular weight excluding hydrogens is 142 g/mol. The van der Waals surface area contributed by atoms with E-state index in [9.17, 15) is 4.79 Å². The van der Waals surface area contributed by atoms with E-state index in [-0.39, 0.29) is 0 Å². The second-order valence-corrected chi connectivity index (χ2v) is 2.22. The molecule has 3 nitrogen and oxygen atoms in total. The largest absolute Gasteiger partial charge is 0.340 e. The van der Waals surface area contributed by atoms with Crippen molar-refractivity contribution in [2.24, 2.45) is 0 Å². The highest BCUT2D eigenvalue weighted by Gasteiger charge is 2.14. The number of amides is 1. The maximum Gasteiger partial charge on any atom is 0.340 e. The third kappa shape index (κ3) is 1.84. The van der Waals surface area contributed by atoms with Gasteiger partial charge in [0.15, 0.2) is 0 Å². The fourth-order valence-corrected chi connectivity index (χ4v) is 0.869. The lowest BCUT2D eigenvalue weighted by molar-refractivity contribution is -0.132. The zero-order valence-corrected chi connectivity index (χ0v) is 5.73. The second-order valence-electron chi connectivity index (χ2n) is 1.90. The molecule has 1 heterocycles. The van der Waals surface area contributed by atoms with Crippen LogP contribution in [0.5, 0.6) is 0 Å². The summed E-state index contributed by atoms with van der Waals surface area (Å²) in [6.45, 7) is 1.24. The van der Waals surface area contributed by atoms with E-state index in [0.29, 0.717) is 13.2 Å². The van der Waals surface area contributed by atoms with Crippen molar-refractivity contribution in [3.63, 3.8) is 0 Å². The summed E-state index contributed by atoms with van der Waals surface area (Å²) in [5, 5.41) is 0.667. The van der Waals surface area contributed by atoms with Gasteiger partial charge in [0.05, 0.1) is 6.61 Å². The summed E-state index contributed by atoms with van der Waals surface area (Å²) in [7, 11) is 0. The van der Waals surface area contributed by atoms with Crippen LogP contribution in [0.2, 0.25) is 0 Å². The fourth-order valence-electron chi connectivity index (χ4n) is 0.735. The second kappa shape index (κ2) is 3.03. The van der Waals surface area contributed by atoms with Gasteiger partial charge >= 0.3 is 5.37 Å². The van der Waals surface area contributed by atoms with Crippen molar-refractivity contribution >= 4 is 17.0 Å². The monoisotopic (exact) mass is 149 g/mol. The minimum absolute atomic E-state index is 0.519. The molecule has 0 unspecified atom stereocenters. The molecule has 1 rings (SSSR count). The van der Waals surface area contributed by atoms with Gasteiger partial charge in [-0.3, -0.25) is 9.63 Å². The Labute approximate surface area is 58.5 Å². The first-order valence-corrected chi connectivity index (χ1v) is 3.28. The summed E-state index contributed by atoms with van der Waals surface area (Å²) in [5.74, 6) is 0. The molecule has 0 spiro atoms. The average molecular weight is 150 g/mol. The zero-order chi connectivity index (χ0) is 6.69. The smallest absolute Gasteiger partial charge is 0.270 e. The average Bonchev–Trinajstić information content (AvgIpc) is 1.90. The Morgan fingerprint density at radius 3 is 2.67 bits per heavy atom. The van der Waals surface area contributed by atoms with Crippen molar-refractivity contribution in [3.05, 3.63) is 0 Å². The lowest BCUT2D eigenvalue weighted by Crippen LogP contribution is -2.31. The molecule has 1 saturated heterocycles. The SMILES string of the molecule is O=C(Cl)N1CCCCO1. The van der Waals surface area contributed by atoms with Gasteiger partial charge in [0.1, 0.15) is 0 Å². The number of hydrogen-bond acceptors (Lipinski definition) is 2. The fraction of sp³-hybridized carbons (Fsp3) is 0.800. The topological polar surface area (TPSA) is 29.5 Å². The van der Waals surface area contributed by atoms with Crippen LogP contribution in [0.3, 0.4) is 0 Å². The first-order valence-electron chi connectivity index (χ1n) is 2.90. The van der Waals surface area contributed by atoms with E-state index >= 15 is 0 Å². The van der Waals surface area contributed by atoms with Crippen molar-refractivity contribution in [1.82, 2.24) is 5.06 Å². The molecule has 0 atom stereocenters. The number of carbonyl (C=O) groups is 1. The predicted octanol–water partition coefficient (Wildman–Crippen LogP) is 1.37. The lowest BCUT2D eigenvalue weighted by Gasteiger charge is -2.22. The quantitative estimate of drug-likeness (QED) is 0.385. The molecule has 1 amide bonds. The van der Waals surface area contributed by atoms with Crippen LogP contribution in [0, 0.1) is 0 Å². The van der Waals surface area contributed by atoms with Gasteiger partial charge in [-0.1, -0.05) is 0 Å². The van der Waals surface area contributed by atoms with Gasteiger partial charge in [-0.25, -0.2) is 5.06 Å². The van der Waals surface area contributed by atoms with Gasteiger partial charge in [0, 0.05) is 6.54 Å². The molecule has 1 fully saturated rings. The molecule has 0 aromatic rings. The van der Waals surface area contributed by atoms with Crippen LogP contribution >= 0.6 is 11.6 Å². The van der Waals surface area contributed by atoms with E-state index in [4.69, 9.17) is 16.4 Å². The number of hydroxylamine groups is 2. The van der Waals surface area contributed by atoms with Gasteiger partial charge in [-0.15, -0.1) is 0 Å². The highest BCUT2D eigenvalue weighted by atomic mass is 35.5. The Balaban J connectivity index is 2.31. The van der Waals surface area contributed by atoms with E-state index in [1.54, 1.807) is 0 Å².